The first-order chi connectivity index (χ1) is 12.7. The van der Waals surface area contributed by atoms with Crippen molar-refractivity contribution in [1.29, 1.82) is 10.7 Å². The van der Waals surface area contributed by atoms with Gasteiger partial charge in [-0.2, -0.15) is 17.0 Å². The summed E-state index contributed by atoms with van der Waals surface area (Å²) in [5.74, 6) is -0.934. The Morgan fingerprint density at radius 1 is 1.41 bits per heavy atom. The van der Waals surface area contributed by atoms with E-state index in [1.54, 1.807) is 18.0 Å². The number of carboxylic acids is 2. The second-order valence-corrected chi connectivity index (χ2v) is 6.23. The lowest BCUT2D eigenvalue weighted by Crippen LogP contribution is -2.32. The van der Waals surface area contributed by atoms with Crippen molar-refractivity contribution >= 4 is 52.1 Å². The molecule has 14 heteroatoms. The number of aliphatic imine (C=N–C) groups is 1. The Morgan fingerprint density at radius 2 is 2.04 bits per heavy atom. The first-order valence-electron chi connectivity index (χ1n) is 6.97. The van der Waals surface area contributed by atoms with Crippen LogP contribution < -0.4 is 22.1 Å². The van der Waals surface area contributed by atoms with E-state index in [2.05, 4.69) is 20.6 Å². The van der Waals surface area contributed by atoms with Gasteiger partial charge < -0.3 is 32.3 Å². The summed E-state index contributed by atoms with van der Waals surface area (Å²) >= 11 is 3.08. The molecule has 0 fully saturated rings. The quantitative estimate of drug-likeness (QED) is 0.0967. The van der Waals surface area contributed by atoms with Gasteiger partial charge in [-0.1, -0.05) is 0 Å². The first kappa shape index (κ1) is 23.7. The van der Waals surface area contributed by atoms with Gasteiger partial charge in [-0.3, -0.25) is 5.41 Å². The third-order valence-corrected chi connectivity index (χ3v) is 3.93. The van der Waals surface area contributed by atoms with Crippen LogP contribution in [0.5, 0.6) is 0 Å². The molecule has 0 amide bonds. The van der Waals surface area contributed by atoms with Gasteiger partial charge in [0, 0.05) is 35.6 Å². The molecule has 146 valence electrons. The average Bonchev–Trinajstić information content (AvgIpc) is 3.00. The monoisotopic (exact) mass is 414 g/mol. The van der Waals surface area contributed by atoms with Crippen molar-refractivity contribution in [2.45, 2.75) is 5.75 Å². The van der Waals surface area contributed by atoms with Crippen LogP contribution in [-0.4, -0.2) is 51.4 Å². The number of aromatic nitrogens is 1. The molecule has 9 N–H and O–H groups in total. The number of guanidine groups is 2. The number of hydrogen-bond donors (Lipinski definition) is 7. The molecule has 1 aromatic rings. The Bertz CT molecular complexity index is 725. The highest BCUT2D eigenvalue weighted by molar-refractivity contribution is 7.98. The maximum absolute atomic E-state index is 9.55. The fraction of sp³-hybridized carbons (Fsp3) is 0.231. The lowest BCUT2D eigenvalue weighted by atomic mass is 10.5. The van der Waals surface area contributed by atoms with Crippen molar-refractivity contribution in [2.75, 3.05) is 17.6 Å². The summed E-state index contributed by atoms with van der Waals surface area (Å²) in [7, 11) is 0. The molecule has 0 saturated heterocycles. The molecule has 12 nitrogen and oxygen atoms in total. The van der Waals surface area contributed by atoms with Crippen molar-refractivity contribution in [3.63, 3.8) is 0 Å². The number of anilines is 1. The van der Waals surface area contributed by atoms with Gasteiger partial charge in [-0.15, -0.1) is 16.3 Å². The van der Waals surface area contributed by atoms with E-state index in [0.29, 0.717) is 23.8 Å². The molecule has 1 heterocycles. The summed E-state index contributed by atoms with van der Waals surface area (Å²) in [6, 6.07) is 0. The summed E-state index contributed by atoms with van der Waals surface area (Å²) in [6.07, 6.45) is 2.72. The van der Waals surface area contributed by atoms with Crippen molar-refractivity contribution < 1.29 is 19.8 Å². The van der Waals surface area contributed by atoms with Gasteiger partial charge in [0.15, 0.2) is 11.1 Å². The van der Waals surface area contributed by atoms with Gasteiger partial charge >= 0.3 is 11.9 Å². The third kappa shape index (κ3) is 14.7. The molecule has 1 aromatic heterocycles. The van der Waals surface area contributed by atoms with E-state index in [1.165, 1.54) is 11.3 Å². The van der Waals surface area contributed by atoms with Crippen molar-refractivity contribution in [2.24, 2.45) is 16.5 Å². The van der Waals surface area contributed by atoms with E-state index in [1.807, 2.05) is 5.38 Å². The summed E-state index contributed by atoms with van der Waals surface area (Å²) in [5, 5.41) is 38.9. The van der Waals surface area contributed by atoms with E-state index in [9.17, 15) is 9.59 Å². The van der Waals surface area contributed by atoms with Crippen LogP contribution in [0.4, 0.5) is 5.13 Å². The van der Waals surface area contributed by atoms with Gasteiger partial charge in [0.25, 0.3) is 0 Å². The molecular weight excluding hydrogens is 396 g/mol. The third-order valence-electron chi connectivity index (χ3n) is 2.13. The molecular formula is C13H18N8O4S2. The average molecular weight is 414 g/mol. The lowest BCUT2D eigenvalue weighted by molar-refractivity contribution is -0.134. The van der Waals surface area contributed by atoms with Crippen LogP contribution in [0.25, 0.3) is 0 Å². The minimum Gasteiger partial charge on any atom is -0.478 e. The highest BCUT2D eigenvalue weighted by Gasteiger charge is 2.02. The van der Waals surface area contributed by atoms with Crippen LogP contribution in [0.15, 0.2) is 22.5 Å². The van der Waals surface area contributed by atoms with Crippen LogP contribution in [0.1, 0.15) is 5.69 Å². The van der Waals surface area contributed by atoms with Crippen LogP contribution in [-0.2, 0) is 15.3 Å². The predicted molar refractivity (Wildman–Crippen MR) is 103 cm³/mol. The number of rotatable bonds is 8. The van der Waals surface area contributed by atoms with Crippen molar-refractivity contribution in [3.8, 4) is 6.19 Å². The maximum Gasteiger partial charge on any atom is 0.328 e. The zero-order valence-electron chi connectivity index (χ0n) is 13.9. The molecule has 1 rings (SSSR count). The zero-order valence-corrected chi connectivity index (χ0v) is 15.5. The molecule has 0 saturated carbocycles. The topological polar surface area (TPSA) is 224 Å². The molecule has 0 atom stereocenters. The predicted octanol–water partition coefficient (Wildman–Crippen LogP) is -0.221. The van der Waals surface area contributed by atoms with Gasteiger partial charge in [-0.05, 0) is 0 Å². The summed E-state index contributed by atoms with van der Waals surface area (Å²) in [5.41, 5.74) is 11.5. The summed E-state index contributed by atoms with van der Waals surface area (Å²) in [6.45, 7) is 0.629. The van der Waals surface area contributed by atoms with E-state index >= 15 is 0 Å². The smallest absolute Gasteiger partial charge is 0.328 e. The van der Waals surface area contributed by atoms with E-state index in [0.717, 1.165) is 17.2 Å². The Balaban J connectivity index is 0.000000713. The number of nitrogens with zero attached hydrogens (tertiary/aromatic N) is 3. The fourth-order valence-electron chi connectivity index (χ4n) is 1.21. The van der Waals surface area contributed by atoms with Crippen LogP contribution in [0, 0.1) is 16.9 Å². The molecule has 0 unspecified atom stereocenters. The highest BCUT2D eigenvalue weighted by Crippen LogP contribution is 2.18. The number of thiazole rings is 1. The zero-order chi connectivity index (χ0) is 20.7. The van der Waals surface area contributed by atoms with E-state index in [-0.39, 0.29) is 11.9 Å². The number of nitrogens with two attached hydrogens (primary N) is 2. The molecule has 0 aliphatic heterocycles. The highest BCUT2D eigenvalue weighted by atomic mass is 32.2. The second kappa shape index (κ2) is 13.9. The van der Waals surface area contributed by atoms with Gasteiger partial charge in [-0.25, -0.2) is 14.6 Å². The maximum atomic E-state index is 9.55. The Labute approximate surface area is 162 Å². The number of aliphatic carboxylic acids is 2. The van der Waals surface area contributed by atoms with Crippen LogP contribution >= 0.6 is 23.1 Å². The molecule has 0 aliphatic carbocycles. The number of carbonyl (C=O) groups is 2. The fourth-order valence-corrected chi connectivity index (χ4v) is 2.79. The minimum atomic E-state index is -1.26. The lowest BCUT2D eigenvalue weighted by Gasteiger charge is -2.02. The molecule has 0 aliphatic rings. The second-order valence-electron chi connectivity index (χ2n) is 4.27. The van der Waals surface area contributed by atoms with Crippen molar-refractivity contribution in [1.82, 2.24) is 10.3 Å². The molecule has 0 spiro atoms. The van der Waals surface area contributed by atoms with E-state index < -0.39 is 11.9 Å². The normalized spacial score (nSPS) is 10.4. The number of nitrogens with one attached hydrogen (secondary N) is 3. The van der Waals surface area contributed by atoms with Gasteiger partial charge in [0.05, 0.1) is 5.69 Å². The molecule has 0 radical (unpaired) electrons. The minimum absolute atomic E-state index is 0.120. The Morgan fingerprint density at radius 3 is 2.56 bits per heavy atom. The van der Waals surface area contributed by atoms with Crippen LogP contribution in [0.3, 0.4) is 0 Å². The first-order valence-corrected chi connectivity index (χ1v) is 9.01. The molecule has 0 aromatic carbocycles. The van der Waals surface area contributed by atoms with Crippen LogP contribution in [0.2, 0.25) is 0 Å². The number of thioether (sulfide) groups is 1. The Kier molecular flexibility index (Phi) is 12.2. The van der Waals surface area contributed by atoms with Gasteiger partial charge in [0.2, 0.25) is 12.2 Å². The standard InChI is InChI=1S/C9H14N8S2.C4H4O4/c10-5-15-8(13)14-1-2-18-3-6-4-19-9(16-6)17-7(11)12;5-3(6)1-2-4(7)8/h4H,1-3H2,(H3,13,14,15)(H4,11,12,16,17);1-2H,(H,5,6)(H,7,8)/b;2-1-. The largest absolute Gasteiger partial charge is 0.478 e. The molecule has 0 bridgehead atoms. The number of carboxylic acid groups (broad SMARTS) is 2. The summed E-state index contributed by atoms with van der Waals surface area (Å²) < 4.78 is 0. The SMILES string of the molecule is N#C/N=C(/N)NCCSCc1csc(NC(=N)N)n1.O=C(O)/C=C\C(=O)O. The van der Waals surface area contributed by atoms with Crippen molar-refractivity contribution in [3.05, 3.63) is 23.2 Å². The number of hydrogen-bond acceptors (Lipinski definition) is 8. The summed E-state index contributed by atoms with van der Waals surface area (Å²) in [4.78, 5) is 26.7. The van der Waals surface area contributed by atoms with E-state index in [4.69, 9.17) is 32.4 Å². The Hall–Kier alpha value is -3.31. The number of nitriles is 1. The van der Waals surface area contributed by atoms with Gasteiger partial charge in [0.1, 0.15) is 0 Å². The molecule has 27 heavy (non-hydrogen) atoms.